The van der Waals surface area contributed by atoms with Crippen molar-refractivity contribution in [2.75, 3.05) is 13.7 Å². The normalized spacial score (nSPS) is 11.1. The van der Waals surface area contributed by atoms with Crippen molar-refractivity contribution >= 4 is 10.9 Å². The standard InChI is InChI=1S/C19H21FN2O/c1-13-17(18-11-16(23-2)7-8-19(18)22-13)9-10-21-12-14-3-5-15(20)6-4-14/h3-8,11,21-22H,9-10,12H2,1-2H3. The third-order valence-electron chi connectivity index (χ3n) is 4.12. The Hall–Kier alpha value is -2.33. The van der Waals surface area contributed by atoms with Gasteiger partial charge >= 0.3 is 0 Å². The second-order valence-corrected chi connectivity index (χ2v) is 5.69. The van der Waals surface area contributed by atoms with Gasteiger partial charge in [0.05, 0.1) is 7.11 Å². The fraction of sp³-hybridized carbons (Fsp3) is 0.263. The van der Waals surface area contributed by atoms with Crippen LogP contribution in [0.25, 0.3) is 10.9 Å². The Kier molecular flexibility index (Phi) is 4.63. The van der Waals surface area contributed by atoms with Crippen LogP contribution in [0.1, 0.15) is 16.8 Å². The highest BCUT2D eigenvalue weighted by molar-refractivity contribution is 5.86. The van der Waals surface area contributed by atoms with Crippen LogP contribution in [0.3, 0.4) is 0 Å². The largest absolute Gasteiger partial charge is 0.497 e. The average molecular weight is 312 g/mol. The van der Waals surface area contributed by atoms with Gasteiger partial charge in [0.25, 0.3) is 0 Å². The first-order chi connectivity index (χ1) is 11.2. The predicted octanol–water partition coefficient (Wildman–Crippen LogP) is 3.96. The van der Waals surface area contributed by atoms with Gasteiger partial charge in [0.2, 0.25) is 0 Å². The molecule has 0 atom stereocenters. The molecular formula is C19H21FN2O. The summed E-state index contributed by atoms with van der Waals surface area (Å²) in [6, 6.07) is 12.7. The predicted molar refractivity (Wildman–Crippen MR) is 91.4 cm³/mol. The molecule has 0 spiro atoms. The summed E-state index contributed by atoms with van der Waals surface area (Å²) >= 11 is 0. The van der Waals surface area contributed by atoms with Crippen LogP contribution in [0, 0.1) is 12.7 Å². The van der Waals surface area contributed by atoms with Crippen molar-refractivity contribution < 1.29 is 9.13 Å². The molecule has 0 aliphatic rings. The van der Waals surface area contributed by atoms with Gasteiger partial charge in [-0.15, -0.1) is 0 Å². The molecule has 0 amide bonds. The molecule has 0 aliphatic heterocycles. The van der Waals surface area contributed by atoms with Crippen molar-refractivity contribution in [2.45, 2.75) is 19.9 Å². The van der Waals surface area contributed by atoms with E-state index in [1.165, 1.54) is 28.8 Å². The monoisotopic (exact) mass is 312 g/mol. The van der Waals surface area contributed by atoms with Crippen LogP contribution in [0.5, 0.6) is 5.75 Å². The van der Waals surface area contributed by atoms with E-state index in [4.69, 9.17) is 4.74 Å². The summed E-state index contributed by atoms with van der Waals surface area (Å²) in [6.07, 6.45) is 0.931. The molecule has 1 aromatic heterocycles. The number of hydrogen-bond donors (Lipinski definition) is 2. The molecule has 0 radical (unpaired) electrons. The number of benzene rings is 2. The minimum Gasteiger partial charge on any atom is -0.497 e. The molecule has 0 unspecified atom stereocenters. The van der Waals surface area contributed by atoms with Crippen molar-refractivity contribution in [3.05, 3.63) is 65.1 Å². The number of rotatable bonds is 6. The Bertz CT molecular complexity index is 793. The molecular weight excluding hydrogens is 291 g/mol. The van der Waals surface area contributed by atoms with Crippen LogP contribution in [0.15, 0.2) is 42.5 Å². The van der Waals surface area contributed by atoms with Gasteiger partial charge in [-0.2, -0.15) is 0 Å². The van der Waals surface area contributed by atoms with E-state index in [0.29, 0.717) is 0 Å². The Morgan fingerprint density at radius 3 is 2.65 bits per heavy atom. The molecule has 23 heavy (non-hydrogen) atoms. The zero-order chi connectivity index (χ0) is 16.2. The lowest BCUT2D eigenvalue weighted by Crippen LogP contribution is -2.16. The number of hydrogen-bond acceptors (Lipinski definition) is 2. The average Bonchev–Trinajstić information content (AvgIpc) is 2.88. The van der Waals surface area contributed by atoms with Gasteiger partial charge in [-0.3, -0.25) is 0 Å². The third-order valence-corrected chi connectivity index (χ3v) is 4.12. The van der Waals surface area contributed by atoms with E-state index in [0.717, 1.165) is 36.3 Å². The maximum Gasteiger partial charge on any atom is 0.123 e. The number of methoxy groups -OCH3 is 1. The van der Waals surface area contributed by atoms with Crippen molar-refractivity contribution in [1.82, 2.24) is 10.3 Å². The van der Waals surface area contributed by atoms with Gasteiger partial charge in [0, 0.05) is 23.1 Å². The first-order valence-electron chi connectivity index (χ1n) is 7.77. The zero-order valence-electron chi connectivity index (χ0n) is 13.4. The molecule has 0 saturated carbocycles. The summed E-state index contributed by atoms with van der Waals surface area (Å²) in [5.74, 6) is 0.675. The van der Waals surface area contributed by atoms with Crippen LogP contribution < -0.4 is 10.1 Å². The Balaban J connectivity index is 1.64. The second-order valence-electron chi connectivity index (χ2n) is 5.69. The number of ether oxygens (including phenoxy) is 1. The summed E-state index contributed by atoms with van der Waals surface area (Å²) in [5.41, 5.74) is 4.72. The van der Waals surface area contributed by atoms with Gasteiger partial charge in [0.1, 0.15) is 11.6 Å². The van der Waals surface area contributed by atoms with Gasteiger partial charge in [-0.05, 0) is 61.3 Å². The molecule has 3 nitrogen and oxygen atoms in total. The van der Waals surface area contributed by atoms with Crippen molar-refractivity contribution in [3.63, 3.8) is 0 Å². The fourth-order valence-corrected chi connectivity index (χ4v) is 2.86. The molecule has 0 bridgehead atoms. The van der Waals surface area contributed by atoms with Gasteiger partial charge in [0.15, 0.2) is 0 Å². The lowest BCUT2D eigenvalue weighted by Gasteiger charge is -2.06. The number of aromatic amines is 1. The van der Waals surface area contributed by atoms with Crippen LogP contribution in [-0.4, -0.2) is 18.6 Å². The van der Waals surface area contributed by atoms with E-state index in [2.05, 4.69) is 29.4 Å². The third kappa shape index (κ3) is 3.54. The van der Waals surface area contributed by atoms with Crippen molar-refractivity contribution in [1.29, 1.82) is 0 Å². The molecule has 0 fully saturated rings. The molecule has 2 N–H and O–H groups in total. The van der Waals surface area contributed by atoms with E-state index in [-0.39, 0.29) is 5.82 Å². The van der Waals surface area contributed by atoms with Gasteiger partial charge < -0.3 is 15.0 Å². The maximum atomic E-state index is 12.9. The van der Waals surface area contributed by atoms with E-state index < -0.39 is 0 Å². The summed E-state index contributed by atoms with van der Waals surface area (Å²) in [5, 5.41) is 4.63. The number of halogens is 1. The Morgan fingerprint density at radius 2 is 1.91 bits per heavy atom. The smallest absolute Gasteiger partial charge is 0.123 e. The first-order valence-corrected chi connectivity index (χ1v) is 7.77. The molecule has 2 aromatic carbocycles. The van der Waals surface area contributed by atoms with Crippen LogP contribution in [-0.2, 0) is 13.0 Å². The van der Waals surface area contributed by atoms with E-state index in [1.807, 2.05) is 18.2 Å². The summed E-state index contributed by atoms with van der Waals surface area (Å²) in [4.78, 5) is 3.42. The Labute approximate surface area is 135 Å². The molecule has 3 aromatic rings. The van der Waals surface area contributed by atoms with E-state index >= 15 is 0 Å². The fourth-order valence-electron chi connectivity index (χ4n) is 2.86. The van der Waals surface area contributed by atoms with Crippen molar-refractivity contribution in [3.8, 4) is 5.75 Å². The van der Waals surface area contributed by atoms with Crippen molar-refractivity contribution in [2.24, 2.45) is 0 Å². The quantitative estimate of drug-likeness (QED) is 0.676. The van der Waals surface area contributed by atoms with E-state index in [1.54, 1.807) is 7.11 Å². The SMILES string of the molecule is COc1ccc2[nH]c(C)c(CCNCc3ccc(F)cc3)c2c1. The molecule has 0 saturated heterocycles. The highest BCUT2D eigenvalue weighted by Gasteiger charge is 2.09. The van der Waals surface area contributed by atoms with Gasteiger partial charge in [-0.1, -0.05) is 12.1 Å². The minimum atomic E-state index is -0.197. The molecule has 0 aliphatic carbocycles. The number of aromatic nitrogens is 1. The molecule has 1 heterocycles. The molecule has 3 rings (SSSR count). The Morgan fingerprint density at radius 1 is 1.13 bits per heavy atom. The number of nitrogens with one attached hydrogen (secondary N) is 2. The number of H-pyrrole nitrogens is 1. The van der Waals surface area contributed by atoms with Gasteiger partial charge in [-0.25, -0.2) is 4.39 Å². The number of fused-ring (bicyclic) bond motifs is 1. The summed E-state index contributed by atoms with van der Waals surface area (Å²) in [6.45, 7) is 3.70. The summed E-state index contributed by atoms with van der Waals surface area (Å²) in [7, 11) is 1.69. The topological polar surface area (TPSA) is 37.0 Å². The maximum absolute atomic E-state index is 12.9. The molecule has 120 valence electrons. The molecule has 4 heteroatoms. The lowest BCUT2D eigenvalue weighted by molar-refractivity contribution is 0.415. The van der Waals surface area contributed by atoms with Crippen LogP contribution in [0.2, 0.25) is 0 Å². The number of aryl methyl sites for hydroxylation is 1. The minimum absolute atomic E-state index is 0.197. The zero-order valence-corrected chi connectivity index (χ0v) is 13.4. The van der Waals surface area contributed by atoms with Crippen LogP contribution in [0.4, 0.5) is 4.39 Å². The lowest BCUT2D eigenvalue weighted by atomic mass is 10.1. The summed E-state index contributed by atoms with van der Waals surface area (Å²) < 4.78 is 18.2. The highest BCUT2D eigenvalue weighted by atomic mass is 19.1. The van der Waals surface area contributed by atoms with E-state index in [9.17, 15) is 4.39 Å². The van der Waals surface area contributed by atoms with Crippen LogP contribution >= 0.6 is 0 Å². The highest BCUT2D eigenvalue weighted by Crippen LogP contribution is 2.26. The second kappa shape index (κ2) is 6.84. The first kappa shape index (κ1) is 15.6.